The van der Waals surface area contributed by atoms with Crippen LogP contribution in [0.3, 0.4) is 0 Å². The first-order valence-electron chi connectivity index (χ1n) is 5.09. The van der Waals surface area contributed by atoms with E-state index in [1.54, 1.807) is 0 Å². The molecular formula is C10H22N2. The topological polar surface area (TPSA) is 6.48 Å². The summed E-state index contributed by atoms with van der Waals surface area (Å²) in [4.78, 5) is 5.03. The molecule has 0 radical (unpaired) electrons. The van der Waals surface area contributed by atoms with Crippen LogP contribution in [0.15, 0.2) is 0 Å². The van der Waals surface area contributed by atoms with Crippen LogP contribution >= 0.6 is 0 Å². The summed E-state index contributed by atoms with van der Waals surface area (Å²) in [6.45, 7) is 10.5. The lowest BCUT2D eigenvalue weighted by atomic mass is 10.2. The van der Waals surface area contributed by atoms with Gasteiger partial charge in [0, 0.05) is 25.2 Å². The van der Waals surface area contributed by atoms with Gasteiger partial charge < -0.3 is 4.90 Å². The van der Waals surface area contributed by atoms with Crippen molar-refractivity contribution >= 4 is 0 Å². The molecule has 0 aromatic heterocycles. The van der Waals surface area contributed by atoms with E-state index in [4.69, 9.17) is 0 Å². The van der Waals surface area contributed by atoms with Crippen LogP contribution in [0.4, 0.5) is 0 Å². The lowest BCUT2D eigenvalue weighted by molar-refractivity contribution is 0.220. The second-order valence-corrected chi connectivity index (χ2v) is 4.10. The van der Waals surface area contributed by atoms with Crippen molar-refractivity contribution in [3.63, 3.8) is 0 Å². The Morgan fingerprint density at radius 3 is 2.58 bits per heavy atom. The van der Waals surface area contributed by atoms with Gasteiger partial charge in [0.15, 0.2) is 0 Å². The first-order chi connectivity index (χ1) is 5.65. The third kappa shape index (κ3) is 2.20. The van der Waals surface area contributed by atoms with E-state index in [0.29, 0.717) is 0 Å². The molecule has 2 nitrogen and oxygen atoms in total. The van der Waals surface area contributed by atoms with E-state index in [1.807, 2.05) is 0 Å². The van der Waals surface area contributed by atoms with Crippen molar-refractivity contribution in [3.05, 3.63) is 0 Å². The van der Waals surface area contributed by atoms with Crippen molar-refractivity contribution < 1.29 is 0 Å². The number of hydrogen-bond donors (Lipinski definition) is 0. The summed E-state index contributed by atoms with van der Waals surface area (Å²) in [6, 6.07) is 1.53. The molecule has 0 aromatic rings. The fourth-order valence-corrected chi connectivity index (χ4v) is 1.86. The Balaban J connectivity index is 2.35. The fraction of sp³-hybridized carbons (Fsp3) is 1.00. The van der Waals surface area contributed by atoms with E-state index in [-0.39, 0.29) is 0 Å². The van der Waals surface area contributed by atoms with Crippen LogP contribution in [-0.4, -0.2) is 48.6 Å². The van der Waals surface area contributed by atoms with E-state index < -0.39 is 0 Å². The van der Waals surface area contributed by atoms with Crippen molar-refractivity contribution in [2.45, 2.75) is 39.3 Å². The Morgan fingerprint density at radius 2 is 2.17 bits per heavy atom. The molecule has 1 rings (SSSR count). The van der Waals surface area contributed by atoms with Gasteiger partial charge in [0.1, 0.15) is 0 Å². The molecule has 12 heavy (non-hydrogen) atoms. The molecular weight excluding hydrogens is 148 g/mol. The van der Waals surface area contributed by atoms with Gasteiger partial charge >= 0.3 is 0 Å². The highest BCUT2D eigenvalue weighted by Crippen LogP contribution is 2.16. The van der Waals surface area contributed by atoms with Gasteiger partial charge in [0.25, 0.3) is 0 Å². The highest BCUT2D eigenvalue weighted by molar-refractivity contribution is 4.82. The molecule has 1 saturated heterocycles. The van der Waals surface area contributed by atoms with Crippen LogP contribution in [0.25, 0.3) is 0 Å². The van der Waals surface area contributed by atoms with Gasteiger partial charge in [-0.2, -0.15) is 0 Å². The largest absolute Gasteiger partial charge is 0.302 e. The molecule has 0 saturated carbocycles. The van der Waals surface area contributed by atoms with Gasteiger partial charge in [-0.15, -0.1) is 0 Å². The van der Waals surface area contributed by atoms with E-state index >= 15 is 0 Å². The Hall–Kier alpha value is -0.0800. The average Bonchev–Trinajstić information content (AvgIpc) is 2.51. The molecule has 1 aliphatic rings. The third-order valence-electron chi connectivity index (χ3n) is 3.05. The summed E-state index contributed by atoms with van der Waals surface area (Å²) in [5.74, 6) is 0. The zero-order valence-electron chi connectivity index (χ0n) is 8.88. The maximum absolute atomic E-state index is 2.57. The third-order valence-corrected chi connectivity index (χ3v) is 3.05. The zero-order valence-corrected chi connectivity index (χ0v) is 8.88. The number of likely N-dealkylation sites (tertiary alicyclic amines) is 1. The molecule has 0 spiro atoms. The van der Waals surface area contributed by atoms with Crippen LogP contribution in [-0.2, 0) is 0 Å². The summed E-state index contributed by atoms with van der Waals surface area (Å²) in [7, 11) is 2.23. The minimum absolute atomic E-state index is 0.722. The summed E-state index contributed by atoms with van der Waals surface area (Å²) in [6.07, 6.45) is 1.35. The molecule has 1 aliphatic heterocycles. The van der Waals surface area contributed by atoms with E-state index in [1.165, 1.54) is 26.1 Å². The lowest BCUT2D eigenvalue weighted by Crippen LogP contribution is -2.36. The molecule has 0 aliphatic carbocycles. The maximum atomic E-state index is 2.57. The number of hydrogen-bond acceptors (Lipinski definition) is 2. The van der Waals surface area contributed by atoms with Crippen molar-refractivity contribution in [2.24, 2.45) is 0 Å². The van der Waals surface area contributed by atoms with Gasteiger partial charge in [0.2, 0.25) is 0 Å². The highest BCUT2D eigenvalue weighted by Gasteiger charge is 2.25. The molecule has 0 unspecified atom stereocenters. The zero-order chi connectivity index (χ0) is 9.14. The highest BCUT2D eigenvalue weighted by atomic mass is 15.2. The normalized spacial score (nSPS) is 26.0. The lowest BCUT2D eigenvalue weighted by Gasteiger charge is -2.24. The van der Waals surface area contributed by atoms with E-state index in [2.05, 4.69) is 37.6 Å². The SMILES string of the molecule is CCN(C)[C@@H]1CCN(C(C)C)C1. The molecule has 0 aromatic carbocycles. The Labute approximate surface area is 76.5 Å². The van der Waals surface area contributed by atoms with Crippen LogP contribution in [0.5, 0.6) is 0 Å². The van der Waals surface area contributed by atoms with Gasteiger partial charge in [-0.3, -0.25) is 4.90 Å². The van der Waals surface area contributed by atoms with Gasteiger partial charge in [-0.05, 0) is 33.9 Å². The molecule has 72 valence electrons. The van der Waals surface area contributed by atoms with E-state index in [0.717, 1.165) is 12.1 Å². The minimum atomic E-state index is 0.722. The van der Waals surface area contributed by atoms with Crippen LogP contribution < -0.4 is 0 Å². The first kappa shape index (κ1) is 10.0. The van der Waals surface area contributed by atoms with Crippen molar-refractivity contribution in [2.75, 3.05) is 26.7 Å². The smallest absolute Gasteiger partial charge is 0.0232 e. The molecule has 2 heteroatoms. The Bertz CT molecular complexity index is 134. The standard InChI is InChI=1S/C10H22N2/c1-5-11(4)10-6-7-12(8-10)9(2)3/h9-10H,5-8H2,1-4H3/t10-/m1/s1. The molecule has 0 bridgehead atoms. The van der Waals surface area contributed by atoms with Crippen LogP contribution in [0.2, 0.25) is 0 Å². The second-order valence-electron chi connectivity index (χ2n) is 4.10. The predicted molar refractivity (Wildman–Crippen MR) is 53.4 cm³/mol. The van der Waals surface area contributed by atoms with Crippen molar-refractivity contribution in [1.82, 2.24) is 9.80 Å². The summed E-state index contributed by atoms with van der Waals surface area (Å²) in [5.41, 5.74) is 0. The molecule has 0 N–H and O–H groups in total. The van der Waals surface area contributed by atoms with Gasteiger partial charge in [-0.1, -0.05) is 6.92 Å². The quantitative estimate of drug-likeness (QED) is 0.632. The average molecular weight is 170 g/mol. The van der Waals surface area contributed by atoms with Crippen molar-refractivity contribution in [1.29, 1.82) is 0 Å². The number of rotatable bonds is 3. The fourth-order valence-electron chi connectivity index (χ4n) is 1.86. The van der Waals surface area contributed by atoms with Gasteiger partial charge in [-0.25, -0.2) is 0 Å². The summed E-state index contributed by atoms with van der Waals surface area (Å²) in [5, 5.41) is 0. The monoisotopic (exact) mass is 170 g/mol. The van der Waals surface area contributed by atoms with Crippen LogP contribution in [0.1, 0.15) is 27.2 Å². The molecule has 1 atom stereocenters. The van der Waals surface area contributed by atoms with Gasteiger partial charge in [0.05, 0.1) is 0 Å². The summed E-state index contributed by atoms with van der Waals surface area (Å²) >= 11 is 0. The second kappa shape index (κ2) is 4.24. The van der Waals surface area contributed by atoms with E-state index in [9.17, 15) is 0 Å². The maximum Gasteiger partial charge on any atom is 0.0232 e. The summed E-state index contributed by atoms with van der Waals surface area (Å²) < 4.78 is 0. The first-order valence-corrected chi connectivity index (χ1v) is 5.09. The molecule has 1 fully saturated rings. The molecule has 1 heterocycles. The Kier molecular flexibility index (Phi) is 3.53. The van der Waals surface area contributed by atoms with Crippen LogP contribution in [0, 0.1) is 0 Å². The number of likely N-dealkylation sites (N-methyl/N-ethyl adjacent to an activating group) is 1. The predicted octanol–water partition coefficient (Wildman–Crippen LogP) is 1.42. The Morgan fingerprint density at radius 1 is 1.50 bits per heavy atom. The number of nitrogens with zero attached hydrogens (tertiary/aromatic N) is 2. The molecule has 0 amide bonds. The van der Waals surface area contributed by atoms with Crippen molar-refractivity contribution in [3.8, 4) is 0 Å². The minimum Gasteiger partial charge on any atom is -0.302 e.